The summed E-state index contributed by atoms with van der Waals surface area (Å²) in [4.78, 5) is 4.96. The van der Waals surface area contributed by atoms with Crippen LogP contribution in [-0.2, 0) is 12.8 Å². The van der Waals surface area contributed by atoms with Crippen molar-refractivity contribution < 1.29 is 0 Å². The van der Waals surface area contributed by atoms with E-state index in [1.807, 2.05) is 28.8 Å². The first-order valence-electron chi connectivity index (χ1n) is 7.79. The van der Waals surface area contributed by atoms with Crippen LogP contribution in [0.2, 0.25) is 5.02 Å². The maximum absolute atomic E-state index is 6.01. The Kier molecular flexibility index (Phi) is 3.19. The van der Waals surface area contributed by atoms with E-state index in [2.05, 4.69) is 13.8 Å². The van der Waals surface area contributed by atoms with Gasteiger partial charge in [-0.1, -0.05) is 23.7 Å². The first-order valence-corrected chi connectivity index (χ1v) is 8.16. The molecule has 0 amide bonds. The molecule has 3 aromatic rings. The topological polar surface area (TPSA) is 30.2 Å². The van der Waals surface area contributed by atoms with Gasteiger partial charge in [-0.15, -0.1) is 0 Å². The second kappa shape index (κ2) is 5.10. The van der Waals surface area contributed by atoms with Crippen LogP contribution < -0.4 is 0 Å². The number of fused-ring (bicyclic) bond motifs is 2. The van der Waals surface area contributed by atoms with Crippen molar-refractivity contribution in [3.8, 4) is 11.1 Å². The van der Waals surface area contributed by atoms with Gasteiger partial charge in [-0.25, -0.2) is 9.50 Å². The molecule has 0 bridgehead atoms. The van der Waals surface area contributed by atoms with Gasteiger partial charge in [0, 0.05) is 22.0 Å². The molecule has 22 heavy (non-hydrogen) atoms. The van der Waals surface area contributed by atoms with Crippen LogP contribution in [0.1, 0.15) is 35.5 Å². The van der Waals surface area contributed by atoms with Gasteiger partial charge in [-0.2, -0.15) is 5.10 Å². The lowest BCUT2D eigenvalue weighted by Crippen LogP contribution is -2.12. The Morgan fingerprint density at radius 2 is 1.77 bits per heavy atom. The number of aryl methyl sites for hydroxylation is 3. The van der Waals surface area contributed by atoms with Crippen LogP contribution >= 0.6 is 11.6 Å². The first kappa shape index (κ1) is 13.8. The summed E-state index contributed by atoms with van der Waals surface area (Å²) >= 11 is 6.01. The van der Waals surface area contributed by atoms with E-state index in [-0.39, 0.29) is 0 Å². The number of halogens is 1. The van der Waals surface area contributed by atoms with Gasteiger partial charge < -0.3 is 0 Å². The summed E-state index contributed by atoms with van der Waals surface area (Å²) in [5.74, 6) is 0. The van der Waals surface area contributed by atoms with Crippen molar-refractivity contribution in [1.29, 1.82) is 0 Å². The molecule has 0 spiro atoms. The van der Waals surface area contributed by atoms with Crippen LogP contribution in [0.25, 0.3) is 16.8 Å². The first-order chi connectivity index (χ1) is 10.6. The average Bonchev–Trinajstić information content (AvgIpc) is 2.85. The van der Waals surface area contributed by atoms with E-state index in [9.17, 15) is 0 Å². The fraction of sp³-hybridized carbons (Fsp3) is 0.333. The molecule has 3 nitrogen and oxygen atoms in total. The molecule has 4 rings (SSSR count). The third-order valence-corrected chi connectivity index (χ3v) is 4.85. The highest BCUT2D eigenvalue weighted by Crippen LogP contribution is 2.31. The largest absolute Gasteiger partial charge is 0.233 e. The van der Waals surface area contributed by atoms with Gasteiger partial charge in [0.25, 0.3) is 0 Å². The van der Waals surface area contributed by atoms with E-state index in [0.717, 1.165) is 40.3 Å². The predicted molar refractivity (Wildman–Crippen MR) is 89.5 cm³/mol. The number of hydrogen-bond donors (Lipinski definition) is 0. The lowest BCUT2D eigenvalue weighted by Gasteiger charge is -2.17. The lowest BCUT2D eigenvalue weighted by atomic mass is 9.95. The molecular weight excluding hydrogens is 294 g/mol. The molecule has 1 aliphatic carbocycles. The Labute approximate surface area is 135 Å². The number of rotatable bonds is 1. The van der Waals surface area contributed by atoms with E-state index in [1.165, 1.54) is 29.8 Å². The van der Waals surface area contributed by atoms with Crippen LogP contribution in [-0.4, -0.2) is 14.6 Å². The van der Waals surface area contributed by atoms with Crippen LogP contribution in [0.3, 0.4) is 0 Å². The van der Waals surface area contributed by atoms with Crippen molar-refractivity contribution in [2.24, 2.45) is 0 Å². The summed E-state index contributed by atoms with van der Waals surface area (Å²) in [7, 11) is 0. The van der Waals surface area contributed by atoms with Crippen LogP contribution in [0.5, 0.6) is 0 Å². The van der Waals surface area contributed by atoms with E-state index in [1.54, 1.807) is 0 Å². The molecule has 0 unspecified atom stereocenters. The molecule has 0 atom stereocenters. The van der Waals surface area contributed by atoms with Gasteiger partial charge in [0.15, 0.2) is 5.65 Å². The molecule has 2 aromatic heterocycles. The zero-order chi connectivity index (χ0) is 15.3. The highest BCUT2D eigenvalue weighted by molar-refractivity contribution is 6.30. The molecule has 0 saturated carbocycles. The van der Waals surface area contributed by atoms with Crippen molar-refractivity contribution in [3.05, 3.63) is 51.9 Å². The summed E-state index contributed by atoms with van der Waals surface area (Å²) in [6.45, 7) is 4.22. The Hall–Kier alpha value is -1.87. The SMILES string of the molecule is Cc1nn2c(C)c3c(nc2c1-c1ccc(Cl)cc1)CCCC3. The van der Waals surface area contributed by atoms with Crippen molar-refractivity contribution >= 4 is 17.2 Å². The summed E-state index contributed by atoms with van der Waals surface area (Å²) < 4.78 is 2.02. The molecule has 112 valence electrons. The minimum absolute atomic E-state index is 0.749. The summed E-state index contributed by atoms with van der Waals surface area (Å²) in [6, 6.07) is 7.93. The quantitative estimate of drug-likeness (QED) is 0.660. The minimum atomic E-state index is 0.749. The van der Waals surface area contributed by atoms with Gasteiger partial charge in [0.2, 0.25) is 0 Å². The molecule has 1 aromatic carbocycles. The fourth-order valence-electron chi connectivity index (χ4n) is 3.46. The Balaban J connectivity index is 2.01. The monoisotopic (exact) mass is 311 g/mol. The molecule has 0 N–H and O–H groups in total. The second-order valence-electron chi connectivity index (χ2n) is 6.03. The normalized spacial score (nSPS) is 14.3. The minimum Gasteiger partial charge on any atom is -0.233 e. The highest BCUT2D eigenvalue weighted by atomic mass is 35.5. The van der Waals surface area contributed by atoms with Crippen LogP contribution in [0, 0.1) is 13.8 Å². The van der Waals surface area contributed by atoms with Crippen molar-refractivity contribution in [3.63, 3.8) is 0 Å². The van der Waals surface area contributed by atoms with E-state index in [4.69, 9.17) is 21.7 Å². The van der Waals surface area contributed by atoms with Crippen molar-refractivity contribution in [1.82, 2.24) is 14.6 Å². The Bertz CT molecular complexity index is 862. The summed E-state index contributed by atoms with van der Waals surface area (Å²) in [5, 5.41) is 5.49. The lowest BCUT2D eigenvalue weighted by molar-refractivity contribution is 0.651. The summed E-state index contributed by atoms with van der Waals surface area (Å²) in [6.07, 6.45) is 4.70. The molecule has 4 heteroatoms. The number of benzene rings is 1. The maximum atomic E-state index is 6.01. The molecule has 0 saturated heterocycles. The maximum Gasteiger partial charge on any atom is 0.163 e. The van der Waals surface area contributed by atoms with Crippen LogP contribution in [0.15, 0.2) is 24.3 Å². The van der Waals surface area contributed by atoms with Crippen molar-refractivity contribution in [2.75, 3.05) is 0 Å². The highest BCUT2D eigenvalue weighted by Gasteiger charge is 2.20. The van der Waals surface area contributed by atoms with E-state index < -0.39 is 0 Å². The number of nitrogens with zero attached hydrogens (tertiary/aromatic N) is 3. The predicted octanol–water partition coefficient (Wildman–Crippen LogP) is 4.55. The molecule has 0 aliphatic heterocycles. The molecule has 0 radical (unpaired) electrons. The fourth-order valence-corrected chi connectivity index (χ4v) is 3.59. The van der Waals surface area contributed by atoms with Gasteiger partial charge in [0.1, 0.15) is 0 Å². The zero-order valence-electron chi connectivity index (χ0n) is 12.9. The molecular formula is C18H18ClN3. The zero-order valence-corrected chi connectivity index (χ0v) is 13.6. The van der Waals surface area contributed by atoms with E-state index in [0.29, 0.717) is 0 Å². The third kappa shape index (κ3) is 2.03. The molecule has 1 aliphatic rings. The second-order valence-corrected chi connectivity index (χ2v) is 6.47. The van der Waals surface area contributed by atoms with Gasteiger partial charge in [-0.05, 0) is 62.8 Å². The average molecular weight is 312 g/mol. The van der Waals surface area contributed by atoms with Gasteiger partial charge in [-0.3, -0.25) is 0 Å². The van der Waals surface area contributed by atoms with Gasteiger partial charge in [0.05, 0.1) is 5.69 Å². The smallest absolute Gasteiger partial charge is 0.163 e. The van der Waals surface area contributed by atoms with Crippen LogP contribution in [0.4, 0.5) is 0 Å². The Morgan fingerprint density at radius 3 is 2.55 bits per heavy atom. The van der Waals surface area contributed by atoms with E-state index >= 15 is 0 Å². The number of hydrogen-bond acceptors (Lipinski definition) is 2. The third-order valence-electron chi connectivity index (χ3n) is 4.60. The number of aromatic nitrogens is 3. The Morgan fingerprint density at radius 1 is 1.05 bits per heavy atom. The van der Waals surface area contributed by atoms with Crippen molar-refractivity contribution in [2.45, 2.75) is 39.5 Å². The molecule has 2 heterocycles. The molecule has 0 fully saturated rings. The summed E-state index contributed by atoms with van der Waals surface area (Å²) in [5.41, 5.74) is 8.12. The standard InChI is InChI=1S/C18H18ClN3/c1-11-17(13-7-9-14(19)10-8-13)18-20-16-6-4-3-5-15(16)12(2)22(18)21-11/h7-10H,3-6H2,1-2H3. The van der Waals surface area contributed by atoms with Gasteiger partial charge >= 0.3 is 0 Å².